The van der Waals surface area contributed by atoms with Crippen LogP contribution < -0.4 is 0 Å². The average Bonchev–Trinajstić information content (AvgIpc) is 2.70. The summed E-state index contributed by atoms with van der Waals surface area (Å²) in [5, 5.41) is 0. The molecule has 0 aliphatic rings. The molecule has 0 amide bonds. The molecule has 0 aromatic heterocycles. The number of rotatable bonds is 12. The first-order valence-electron chi connectivity index (χ1n) is 10.2. The van der Waals surface area contributed by atoms with Gasteiger partial charge in [-0.1, -0.05) is 83.6 Å². The highest BCUT2D eigenvalue weighted by molar-refractivity contribution is 5.82. The summed E-state index contributed by atoms with van der Waals surface area (Å²) in [5.41, 5.74) is 4.41. The Hall–Kier alpha value is -3.07. The fourth-order valence-electron chi connectivity index (χ4n) is 1.98. The summed E-state index contributed by atoms with van der Waals surface area (Å²) in [4.78, 5) is 11.3. The first kappa shape index (κ1) is 26.9. The number of carbonyl (C=O) groups excluding carboxylic acids is 1. The van der Waals surface area contributed by atoms with Gasteiger partial charge < -0.3 is 9.47 Å². The highest BCUT2D eigenvalue weighted by atomic mass is 16.5. The normalized spacial score (nSPS) is 14.9. The van der Waals surface area contributed by atoms with Gasteiger partial charge in [-0.15, -0.1) is 0 Å². The lowest BCUT2D eigenvalue weighted by atomic mass is 10.2. The predicted octanol–water partition coefficient (Wildman–Crippen LogP) is 7.11. The molecule has 0 aromatic rings. The lowest BCUT2D eigenvalue weighted by molar-refractivity contribution is -0.137. The largest absolute Gasteiger partial charge is 0.501 e. The Kier molecular flexibility index (Phi) is 16.1. The molecule has 3 nitrogen and oxygen atoms in total. The quantitative estimate of drug-likeness (QED) is 0.149. The van der Waals surface area contributed by atoms with E-state index in [0.29, 0.717) is 13.2 Å². The van der Waals surface area contributed by atoms with E-state index in [0.717, 1.165) is 22.3 Å². The zero-order valence-corrected chi connectivity index (χ0v) is 19.2. The molecule has 0 N–H and O–H groups in total. The summed E-state index contributed by atoms with van der Waals surface area (Å²) < 4.78 is 10.0. The van der Waals surface area contributed by atoms with Gasteiger partial charge in [0.15, 0.2) is 0 Å². The third kappa shape index (κ3) is 17.1. The SMILES string of the molecule is CCO/C=C/C(C)=C/C=C/C(C)=C/C=C/C=C(C)/C=C/C=C(C)/C=C/C(=O)OCC. The van der Waals surface area contributed by atoms with Crippen LogP contribution in [0.2, 0.25) is 0 Å². The summed E-state index contributed by atoms with van der Waals surface area (Å²) in [6.07, 6.45) is 27.1. The van der Waals surface area contributed by atoms with E-state index in [2.05, 4.69) is 19.1 Å². The van der Waals surface area contributed by atoms with Crippen molar-refractivity contribution >= 4 is 5.97 Å². The van der Waals surface area contributed by atoms with Gasteiger partial charge in [0.25, 0.3) is 0 Å². The van der Waals surface area contributed by atoms with Gasteiger partial charge in [-0.05, 0) is 53.2 Å². The molecule has 0 atom stereocenters. The maximum Gasteiger partial charge on any atom is 0.330 e. The molecule has 0 unspecified atom stereocenters. The number of hydrogen-bond donors (Lipinski definition) is 0. The molecule has 162 valence electrons. The number of hydrogen-bond acceptors (Lipinski definition) is 3. The molecule has 0 radical (unpaired) electrons. The minimum Gasteiger partial charge on any atom is -0.501 e. The molecule has 30 heavy (non-hydrogen) atoms. The van der Waals surface area contributed by atoms with Gasteiger partial charge in [-0.3, -0.25) is 0 Å². The van der Waals surface area contributed by atoms with E-state index in [9.17, 15) is 4.79 Å². The Balaban J connectivity index is 4.61. The molecular weight excluding hydrogens is 372 g/mol. The van der Waals surface area contributed by atoms with Crippen molar-refractivity contribution < 1.29 is 14.3 Å². The molecule has 0 fully saturated rings. The Morgan fingerprint density at radius 3 is 1.57 bits per heavy atom. The van der Waals surface area contributed by atoms with Gasteiger partial charge in [0.2, 0.25) is 0 Å². The van der Waals surface area contributed by atoms with Crippen LogP contribution in [0.5, 0.6) is 0 Å². The third-order valence-electron chi connectivity index (χ3n) is 3.63. The Bertz CT molecular complexity index is 779. The predicted molar refractivity (Wildman–Crippen MR) is 129 cm³/mol. The zero-order chi connectivity index (χ0) is 22.6. The van der Waals surface area contributed by atoms with Gasteiger partial charge in [-0.2, -0.15) is 0 Å². The molecule has 3 heteroatoms. The lowest BCUT2D eigenvalue weighted by Gasteiger charge is -1.94. The van der Waals surface area contributed by atoms with E-state index in [4.69, 9.17) is 9.47 Å². The van der Waals surface area contributed by atoms with Gasteiger partial charge in [0, 0.05) is 6.08 Å². The van der Waals surface area contributed by atoms with Crippen LogP contribution in [0.15, 0.2) is 108 Å². The molecule has 0 aliphatic carbocycles. The van der Waals surface area contributed by atoms with Crippen molar-refractivity contribution in [2.75, 3.05) is 13.2 Å². The van der Waals surface area contributed by atoms with Crippen molar-refractivity contribution in [3.8, 4) is 0 Å². The number of allylic oxidation sites excluding steroid dienone is 16. The second-order valence-electron chi connectivity index (χ2n) is 6.59. The van der Waals surface area contributed by atoms with Crippen LogP contribution in [0, 0.1) is 0 Å². The van der Waals surface area contributed by atoms with Gasteiger partial charge in [-0.25, -0.2) is 4.79 Å². The molecule has 0 aliphatic heterocycles. The smallest absolute Gasteiger partial charge is 0.330 e. The molecule has 0 saturated carbocycles. The van der Waals surface area contributed by atoms with Crippen LogP contribution in [-0.4, -0.2) is 19.2 Å². The van der Waals surface area contributed by atoms with Crippen LogP contribution in [0.3, 0.4) is 0 Å². The second kappa shape index (κ2) is 18.0. The van der Waals surface area contributed by atoms with Crippen LogP contribution in [0.4, 0.5) is 0 Å². The van der Waals surface area contributed by atoms with E-state index in [1.165, 1.54) is 6.08 Å². The van der Waals surface area contributed by atoms with Crippen molar-refractivity contribution in [3.05, 3.63) is 108 Å². The highest BCUT2D eigenvalue weighted by Gasteiger charge is 1.92. The summed E-state index contributed by atoms with van der Waals surface area (Å²) >= 11 is 0. The maximum absolute atomic E-state index is 11.3. The molecule has 0 bridgehead atoms. The van der Waals surface area contributed by atoms with Crippen molar-refractivity contribution in [3.63, 3.8) is 0 Å². The summed E-state index contributed by atoms with van der Waals surface area (Å²) in [7, 11) is 0. The van der Waals surface area contributed by atoms with E-state index < -0.39 is 0 Å². The number of esters is 1. The lowest BCUT2D eigenvalue weighted by Crippen LogP contribution is -1.98. The number of carbonyl (C=O) groups is 1. The first-order valence-corrected chi connectivity index (χ1v) is 10.2. The molecule has 0 spiro atoms. The van der Waals surface area contributed by atoms with Crippen molar-refractivity contribution in [2.45, 2.75) is 41.5 Å². The van der Waals surface area contributed by atoms with Crippen LogP contribution in [0.1, 0.15) is 41.5 Å². The van der Waals surface area contributed by atoms with Crippen molar-refractivity contribution in [2.24, 2.45) is 0 Å². The van der Waals surface area contributed by atoms with Crippen LogP contribution in [-0.2, 0) is 14.3 Å². The fourth-order valence-corrected chi connectivity index (χ4v) is 1.98. The topological polar surface area (TPSA) is 35.5 Å². The van der Waals surface area contributed by atoms with E-state index in [1.807, 2.05) is 82.4 Å². The maximum atomic E-state index is 11.3. The fraction of sp³-hybridized carbons (Fsp3) is 0.296. The van der Waals surface area contributed by atoms with Crippen molar-refractivity contribution in [1.29, 1.82) is 0 Å². The zero-order valence-electron chi connectivity index (χ0n) is 19.2. The Labute approximate surface area is 182 Å². The van der Waals surface area contributed by atoms with Gasteiger partial charge in [0.1, 0.15) is 0 Å². The van der Waals surface area contributed by atoms with Gasteiger partial charge >= 0.3 is 5.97 Å². The number of ether oxygens (including phenoxy) is 2. The minimum atomic E-state index is -0.321. The Morgan fingerprint density at radius 1 is 0.600 bits per heavy atom. The third-order valence-corrected chi connectivity index (χ3v) is 3.63. The van der Waals surface area contributed by atoms with E-state index >= 15 is 0 Å². The molecule has 0 saturated heterocycles. The monoisotopic (exact) mass is 408 g/mol. The van der Waals surface area contributed by atoms with Crippen LogP contribution >= 0.6 is 0 Å². The van der Waals surface area contributed by atoms with Gasteiger partial charge in [0.05, 0.1) is 19.5 Å². The highest BCUT2D eigenvalue weighted by Crippen LogP contribution is 2.02. The molecule has 0 heterocycles. The van der Waals surface area contributed by atoms with E-state index in [-0.39, 0.29) is 5.97 Å². The summed E-state index contributed by atoms with van der Waals surface area (Å²) in [6, 6.07) is 0. The second-order valence-corrected chi connectivity index (χ2v) is 6.59. The summed E-state index contributed by atoms with van der Waals surface area (Å²) in [5.74, 6) is -0.321. The molecule has 0 aromatic carbocycles. The van der Waals surface area contributed by atoms with Crippen LogP contribution in [0.25, 0.3) is 0 Å². The first-order chi connectivity index (χ1) is 14.4. The average molecular weight is 409 g/mol. The standard InChI is InChI=1S/C27H36O3/c1-7-29-22-21-26(6)18-12-16-24(4)14-10-9-13-23(3)15-11-17-25(5)19-20-27(28)30-8-2/h9-22H,7-8H2,1-6H3/b10-9+,15-11+,16-12+,20-19+,22-21+,23-13+,24-14+,25-17+,26-18+. The summed E-state index contributed by atoms with van der Waals surface area (Å²) in [6.45, 7) is 12.9. The Morgan fingerprint density at radius 2 is 1.07 bits per heavy atom. The van der Waals surface area contributed by atoms with E-state index in [1.54, 1.807) is 19.3 Å². The molecule has 0 rings (SSSR count). The molecular formula is C27H36O3. The van der Waals surface area contributed by atoms with Crippen molar-refractivity contribution in [1.82, 2.24) is 0 Å². The minimum absolute atomic E-state index is 0.321.